The molecule has 0 aromatic heterocycles. The van der Waals surface area contributed by atoms with E-state index in [2.05, 4.69) is 20.7 Å². The van der Waals surface area contributed by atoms with E-state index in [1.165, 1.54) is 14.0 Å². The van der Waals surface area contributed by atoms with Gasteiger partial charge in [-0.05, 0) is 76.7 Å². The van der Waals surface area contributed by atoms with Crippen molar-refractivity contribution in [2.24, 2.45) is 5.11 Å². The third-order valence-corrected chi connectivity index (χ3v) is 21.7. The first-order valence-electron chi connectivity index (χ1n) is 40.3. The van der Waals surface area contributed by atoms with Crippen LogP contribution in [0.4, 0.5) is 0 Å². The highest BCUT2D eigenvalue weighted by Gasteiger charge is 2.69. The maximum atomic E-state index is 16.3. The fraction of sp³-hybridized carbons (Fsp3) is 0.444. The molecule has 4 saturated heterocycles. The quantitative estimate of drug-likeness (QED) is 0.0118. The standard InChI is InChI=1S/C90H103N5O28S/c1-53-75(109-47-63-33-21-13-22-34-63)82(110-48-64-35-23-14-24-36-64)83(111-49-65-37-25-15-26-38-65)87(112-53)121-78-74(93-55(3)97)86(117-67-43-41-66(104-9)42-44-67)119-70(51-107-46-62-31-19-12-20-32-62)76(78)120-88-84(116-60(8)102)79(72(94-95-91)69(118-88)50-106-45-61-29-17-11-18-30-61)122-90(89(103)105-10)85(124-68-39-27-16-28-40-68)81(115-59(7)101)73(92-54(2)96)80(123-90)77(114-58(6)100)71(113-57(5)99)52-108-56(4)98/h11-44,53,69-88H,45-52H2,1-10H3,(H,92,96)(H,93,97)/t53-,69+,70+,71+,72-,73-,74+,75+,76+,77+,78+,79-,80+,81+,82+,83-,84+,85-,86+,87-,88-,90+/m0/s1. The summed E-state index contributed by atoms with van der Waals surface area (Å²) in [4.78, 5) is 117. The third-order valence-electron chi connectivity index (χ3n) is 20.3. The van der Waals surface area contributed by atoms with Crippen molar-refractivity contribution in [3.05, 3.63) is 245 Å². The van der Waals surface area contributed by atoms with Gasteiger partial charge in [-0.1, -0.05) is 175 Å². The Labute approximate surface area is 721 Å². The third kappa shape index (κ3) is 25.9. The zero-order valence-corrected chi connectivity index (χ0v) is 70.9. The van der Waals surface area contributed by atoms with Crippen LogP contribution in [-0.4, -0.2) is 215 Å². The predicted molar refractivity (Wildman–Crippen MR) is 440 cm³/mol. The highest BCUT2D eigenvalue weighted by Crippen LogP contribution is 2.49. The molecule has 0 spiro atoms. The van der Waals surface area contributed by atoms with Gasteiger partial charge in [0.05, 0.1) is 84.8 Å². The number of amides is 2. The number of hydrogen-bond donors (Lipinski definition) is 2. The molecule has 2 N–H and O–H groups in total. The Hall–Kier alpha value is -10.9. The van der Waals surface area contributed by atoms with E-state index in [1.54, 1.807) is 91.9 Å². The Morgan fingerprint density at radius 2 is 0.935 bits per heavy atom. The second-order valence-corrected chi connectivity index (χ2v) is 30.8. The maximum Gasteiger partial charge on any atom is 0.368 e. The number of azide groups is 1. The molecular weight excluding hydrogens is 1630 g/mol. The van der Waals surface area contributed by atoms with E-state index in [0.717, 1.165) is 77.1 Å². The van der Waals surface area contributed by atoms with E-state index < -0.39 is 201 Å². The highest BCUT2D eigenvalue weighted by molar-refractivity contribution is 8.00. The molecule has 0 radical (unpaired) electrons. The molecule has 4 fully saturated rings. The lowest BCUT2D eigenvalue weighted by molar-refractivity contribution is -0.382. The van der Waals surface area contributed by atoms with Crippen molar-refractivity contribution in [2.75, 3.05) is 34.0 Å². The molecule has 124 heavy (non-hydrogen) atoms. The molecule has 0 aliphatic carbocycles. The van der Waals surface area contributed by atoms with Crippen LogP contribution in [0.1, 0.15) is 83.2 Å². The average Bonchev–Trinajstić information content (AvgIpc) is 0.720. The van der Waals surface area contributed by atoms with Crippen molar-refractivity contribution in [1.82, 2.24) is 10.6 Å². The summed E-state index contributed by atoms with van der Waals surface area (Å²) in [7, 11) is 2.44. The zero-order chi connectivity index (χ0) is 88.2. The fourth-order valence-corrected chi connectivity index (χ4v) is 16.3. The SMILES string of the molecule is COC(=O)[C@]1(O[C@H]2[C@@H](N=[N+]=[N-])[C@@H](COCc3ccccc3)O[C@@H](O[C@H]3[C@H](O[C@@H]4O[C@@H](C)[C@@H](OCc5ccccc5)[C@@H](OCc5ccccc5)[C@@H]4OCc4ccccc4)[C@@H](NC(C)=O)[C@H](Oc4ccc(OC)cc4)O[C@@H]3COCc3ccccc3)[C@@H]2OC(C)=O)O[C@@H]([C@H](OC(C)=O)[C@@H](COC(C)=O)OC(C)=O)[C@H](NC(C)=O)[C@@H](OC(C)=O)[C@@H]1Sc1ccccc1. The molecule has 7 aromatic carbocycles. The minimum absolute atomic E-state index is 0.0247. The number of carbonyl (C=O) groups is 8. The Morgan fingerprint density at radius 1 is 0.476 bits per heavy atom. The van der Waals surface area contributed by atoms with Crippen molar-refractivity contribution in [3.8, 4) is 11.5 Å². The topological polar surface area (TPSA) is 394 Å². The smallest absolute Gasteiger partial charge is 0.368 e. The van der Waals surface area contributed by atoms with E-state index in [9.17, 15) is 39.1 Å². The summed E-state index contributed by atoms with van der Waals surface area (Å²) in [5.41, 5.74) is 14.8. The summed E-state index contributed by atoms with van der Waals surface area (Å²) in [6.07, 6.45) is -28.7. The zero-order valence-electron chi connectivity index (χ0n) is 70.1. The fourth-order valence-electron chi connectivity index (χ4n) is 15.0. The van der Waals surface area contributed by atoms with Gasteiger partial charge in [0.1, 0.15) is 84.3 Å². The molecular formula is C90H103N5O28S. The van der Waals surface area contributed by atoms with Gasteiger partial charge in [0.15, 0.2) is 30.9 Å². The van der Waals surface area contributed by atoms with Crippen LogP contribution in [0.5, 0.6) is 11.5 Å². The van der Waals surface area contributed by atoms with Gasteiger partial charge in [-0.15, -0.1) is 11.8 Å². The molecule has 0 unspecified atom stereocenters. The number of esters is 6. The van der Waals surface area contributed by atoms with Crippen molar-refractivity contribution in [1.29, 1.82) is 0 Å². The van der Waals surface area contributed by atoms with E-state index in [1.807, 2.05) is 121 Å². The van der Waals surface area contributed by atoms with E-state index >= 15 is 4.79 Å². The maximum absolute atomic E-state index is 16.3. The number of rotatable bonds is 40. The molecule has 662 valence electrons. The average molecular weight is 1730 g/mol. The largest absolute Gasteiger partial charge is 0.497 e. The van der Waals surface area contributed by atoms with Gasteiger partial charge >= 0.3 is 35.8 Å². The number of benzene rings is 7. The molecule has 4 aliphatic heterocycles. The summed E-state index contributed by atoms with van der Waals surface area (Å²) in [5.74, 6) is -10.8. The van der Waals surface area contributed by atoms with Gasteiger partial charge < -0.3 is 105 Å². The molecule has 11 rings (SSSR count). The Bertz CT molecular complexity index is 4630. The summed E-state index contributed by atoms with van der Waals surface area (Å²) in [5, 5.41) is 8.18. The summed E-state index contributed by atoms with van der Waals surface area (Å²) >= 11 is 0.774. The molecule has 4 heterocycles. The highest BCUT2D eigenvalue weighted by atomic mass is 32.2. The van der Waals surface area contributed by atoms with Crippen LogP contribution in [0, 0.1) is 0 Å². The van der Waals surface area contributed by atoms with Crippen LogP contribution in [0.3, 0.4) is 0 Å². The summed E-state index contributed by atoms with van der Waals surface area (Å²) in [6.45, 7) is 7.16. The van der Waals surface area contributed by atoms with E-state index in [0.29, 0.717) is 21.8 Å². The summed E-state index contributed by atoms with van der Waals surface area (Å²) < 4.78 is 134. The van der Waals surface area contributed by atoms with Crippen LogP contribution in [-0.2, 0) is 157 Å². The van der Waals surface area contributed by atoms with Crippen LogP contribution in [0.2, 0.25) is 0 Å². The number of nitrogens with one attached hydrogen (secondary N) is 2. The second kappa shape index (κ2) is 46.2. The molecule has 4 aliphatic rings. The van der Waals surface area contributed by atoms with Crippen LogP contribution >= 0.6 is 11.8 Å². The molecule has 7 aromatic rings. The van der Waals surface area contributed by atoms with Gasteiger partial charge in [0.25, 0.3) is 5.79 Å². The molecule has 22 atom stereocenters. The Morgan fingerprint density at radius 3 is 1.43 bits per heavy atom. The van der Waals surface area contributed by atoms with Crippen molar-refractivity contribution in [2.45, 2.75) is 227 Å². The predicted octanol–water partition coefficient (Wildman–Crippen LogP) is 10.0. The van der Waals surface area contributed by atoms with Crippen molar-refractivity contribution >= 4 is 59.4 Å². The van der Waals surface area contributed by atoms with Gasteiger partial charge in [0.2, 0.25) is 18.1 Å². The number of ether oxygens (including phenoxy) is 20. The van der Waals surface area contributed by atoms with Gasteiger partial charge in [-0.25, -0.2) is 4.79 Å². The number of thioether (sulfide) groups is 1. The van der Waals surface area contributed by atoms with E-state index in [-0.39, 0.29) is 38.8 Å². The van der Waals surface area contributed by atoms with Crippen LogP contribution in [0.15, 0.2) is 216 Å². The number of hydrogen-bond acceptors (Lipinski definition) is 30. The minimum Gasteiger partial charge on any atom is -0.497 e. The Balaban J connectivity index is 1.15. The molecule has 0 saturated carbocycles. The van der Waals surface area contributed by atoms with Crippen LogP contribution < -0.4 is 20.1 Å². The lowest BCUT2D eigenvalue weighted by Gasteiger charge is -2.55. The lowest BCUT2D eigenvalue weighted by Crippen LogP contribution is -2.76. The van der Waals surface area contributed by atoms with E-state index in [4.69, 9.17) is 94.7 Å². The monoisotopic (exact) mass is 1730 g/mol. The number of carbonyl (C=O) groups excluding carboxylic acids is 8. The van der Waals surface area contributed by atoms with Gasteiger partial charge in [-0.3, -0.25) is 33.6 Å². The number of methoxy groups -OCH3 is 2. The lowest BCUT2D eigenvalue weighted by atomic mass is 9.86. The Kier molecular flexibility index (Phi) is 34.9. The first-order valence-corrected chi connectivity index (χ1v) is 41.1. The first kappa shape index (κ1) is 93.8. The summed E-state index contributed by atoms with van der Waals surface area (Å²) in [6, 6.07) is 55.8. The molecule has 2 amide bonds. The molecule has 0 bridgehead atoms. The van der Waals surface area contributed by atoms with Crippen molar-refractivity contribution < 1.29 is 133 Å². The first-order chi connectivity index (χ1) is 59.9. The molecule has 34 heteroatoms. The van der Waals surface area contributed by atoms with Gasteiger partial charge in [-0.2, -0.15) is 0 Å². The molecule has 33 nitrogen and oxygen atoms in total. The van der Waals surface area contributed by atoms with Gasteiger partial charge in [0, 0.05) is 58.3 Å². The number of nitrogens with zero attached hydrogens (tertiary/aromatic N) is 3. The minimum atomic E-state index is -3.29. The normalized spacial score (nSPS) is 27.0. The van der Waals surface area contributed by atoms with Crippen molar-refractivity contribution in [3.63, 3.8) is 0 Å². The van der Waals surface area contributed by atoms with Crippen LogP contribution in [0.25, 0.3) is 10.4 Å². The second-order valence-electron chi connectivity index (χ2n) is 29.6.